The molecule has 0 bridgehead atoms. The van der Waals surface area contributed by atoms with Crippen LogP contribution in [0.2, 0.25) is 0 Å². The van der Waals surface area contributed by atoms with Gasteiger partial charge in [0.2, 0.25) is 0 Å². The van der Waals surface area contributed by atoms with Gasteiger partial charge in [-0.25, -0.2) is 4.98 Å². The van der Waals surface area contributed by atoms with Gasteiger partial charge in [-0.2, -0.15) is 18.4 Å². The van der Waals surface area contributed by atoms with E-state index >= 15 is 0 Å². The van der Waals surface area contributed by atoms with E-state index in [2.05, 4.69) is 4.98 Å². The molecule has 0 aromatic carbocycles. The zero-order valence-electron chi connectivity index (χ0n) is 10.9. The number of alkyl halides is 3. The van der Waals surface area contributed by atoms with Crippen LogP contribution in [0.4, 0.5) is 19.0 Å². The fraction of sp³-hybridized carbons (Fsp3) is 0.538. The molecule has 4 nitrogen and oxygen atoms in total. The molecule has 0 amide bonds. The molecule has 0 radical (unpaired) electrons. The van der Waals surface area contributed by atoms with Crippen molar-refractivity contribution in [1.29, 1.82) is 5.26 Å². The second-order valence-electron chi connectivity index (χ2n) is 4.96. The maximum atomic E-state index is 12.7. The van der Waals surface area contributed by atoms with Gasteiger partial charge < -0.3 is 10.0 Å². The van der Waals surface area contributed by atoms with Crippen LogP contribution >= 0.6 is 0 Å². The van der Waals surface area contributed by atoms with Crippen LogP contribution in [0.3, 0.4) is 0 Å². The van der Waals surface area contributed by atoms with Gasteiger partial charge in [-0.3, -0.25) is 0 Å². The van der Waals surface area contributed by atoms with Crippen molar-refractivity contribution >= 4 is 5.82 Å². The number of halogens is 3. The van der Waals surface area contributed by atoms with Crippen molar-refractivity contribution in [1.82, 2.24) is 4.98 Å². The minimum absolute atomic E-state index is 0.00623. The first kappa shape index (κ1) is 14.6. The molecule has 2 unspecified atom stereocenters. The summed E-state index contributed by atoms with van der Waals surface area (Å²) in [5.74, 6) is 0.0795. The van der Waals surface area contributed by atoms with Gasteiger partial charge in [-0.15, -0.1) is 0 Å². The summed E-state index contributed by atoms with van der Waals surface area (Å²) in [5, 5.41) is 18.8. The number of piperidine rings is 1. The van der Waals surface area contributed by atoms with Crippen molar-refractivity contribution in [2.75, 3.05) is 18.0 Å². The summed E-state index contributed by atoms with van der Waals surface area (Å²) >= 11 is 0. The molecule has 2 rings (SSSR count). The Morgan fingerprint density at radius 3 is 2.70 bits per heavy atom. The van der Waals surface area contributed by atoms with Crippen LogP contribution < -0.4 is 4.90 Å². The van der Waals surface area contributed by atoms with Crippen LogP contribution in [-0.4, -0.2) is 29.3 Å². The zero-order chi connectivity index (χ0) is 14.9. The van der Waals surface area contributed by atoms with Crippen molar-refractivity contribution in [2.24, 2.45) is 5.92 Å². The van der Waals surface area contributed by atoms with Gasteiger partial charge in [0.05, 0.1) is 11.7 Å². The quantitative estimate of drug-likeness (QED) is 0.859. The van der Waals surface area contributed by atoms with E-state index < -0.39 is 18.0 Å². The molecule has 1 saturated heterocycles. The highest BCUT2D eigenvalue weighted by molar-refractivity contribution is 5.55. The standard InChI is InChI=1S/C13H14F3N3O/c1-8-4-5-19(7-10(8)20)12-9(6-17)2-3-11(18-12)13(14,15)16/h2-3,8,10,20H,4-5,7H2,1H3. The van der Waals surface area contributed by atoms with Gasteiger partial charge >= 0.3 is 6.18 Å². The van der Waals surface area contributed by atoms with Crippen LogP contribution in [0.15, 0.2) is 12.1 Å². The predicted octanol–water partition coefficient (Wildman–Crippen LogP) is 2.18. The number of hydrogen-bond acceptors (Lipinski definition) is 4. The summed E-state index contributed by atoms with van der Waals surface area (Å²) in [7, 11) is 0. The summed E-state index contributed by atoms with van der Waals surface area (Å²) in [6.07, 6.45) is -4.54. The number of aromatic nitrogens is 1. The SMILES string of the molecule is CC1CCN(c2nc(C(F)(F)F)ccc2C#N)CC1O. The van der Waals surface area contributed by atoms with Gasteiger partial charge in [0.1, 0.15) is 17.6 Å². The van der Waals surface area contributed by atoms with E-state index in [1.807, 2.05) is 13.0 Å². The molecular formula is C13H14F3N3O. The molecule has 0 saturated carbocycles. The number of β-amino-alcohol motifs (C(OH)–C–C–N with tert-alkyl or cyclic N) is 1. The van der Waals surface area contributed by atoms with E-state index in [4.69, 9.17) is 5.26 Å². The van der Waals surface area contributed by atoms with Crippen LogP contribution in [0.25, 0.3) is 0 Å². The van der Waals surface area contributed by atoms with Crippen molar-refractivity contribution in [3.8, 4) is 6.07 Å². The third-order valence-electron chi connectivity index (χ3n) is 3.50. The minimum atomic E-state index is -4.55. The monoisotopic (exact) mass is 285 g/mol. The van der Waals surface area contributed by atoms with Crippen molar-refractivity contribution in [3.05, 3.63) is 23.4 Å². The van der Waals surface area contributed by atoms with E-state index in [1.54, 1.807) is 4.90 Å². The largest absolute Gasteiger partial charge is 0.433 e. The van der Waals surface area contributed by atoms with Crippen LogP contribution in [0, 0.1) is 17.2 Å². The Morgan fingerprint density at radius 1 is 1.45 bits per heavy atom. The smallest absolute Gasteiger partial charge is 0.391 e. The number of aliphatic hydroxyl groups is 1. The maximum absolute atomic E-state index is 12.7. The summed E-state index contributed by atoms with van der Waals surface area (Å²) in [6, 6.07) is 3.76. The highest BCUT2D eigenvalue weighted by Gasteiger charge is 2.34. The first-order valence-corrected chi connectivity index (χ1v) is 6.24. The summed E-state index contributed by atoms with van der Waals surface area (Å²) in [6.45, 7) is 2.54. The lowest BCUT2D eigenvalue weighted by atomic mass is 9.96. The third kappa shape index (κ3) is 2.85. The normalized spacial score (nSPS) is 23.5. The topological polar surface area (TPSA) is 60.2 Å². The summed E-state index contributed by atoms with van der Waals surface area (Å²) < 4.78 is 38.1. The molecule has 7 heteroatoms. The molecule has 108 valence electrons. The van der Waals surface area contributed by atoms with Crippen LogP contribution in [-0.2, 0) is 6.18 Å². The van der Waals surface area contributed by atoms with Crippen LogP contribution in [0.5, 0.6) is 0 Å². The fourth-order valence-corrected chi connectivity index (χ4v) is 2.18. The van der Waals surface area contributed by atoms with E-state index in [9.17, 15) is 18.3 Å². The molecule has 2 heterocycles. The number of aliphatic hydroxyl groups excluding tert-OH is 1. The number of hydrogen-bond donors (Lipinski definition) is 1. The molecule has 1 aromatic rings. The predicted molar refractivity (Wildman–Crippen MR) is 66.0 cm³/mol. The van der Waals surface area contributed by atoms with Crippen molar-refractivity contribution < 1.29 is 18.3 Å². The summed E-state index contributed by atoms with van der Waals surface area (Å²) in [4.78, 5) is 5.11. The number of nitrogens with zero attached hydrogens (tertiary/aromatic N) is 3. The zero-order valence-corrected chi connectivity index (χ0v) is 10.9. The van der Waals surface area contributed by atoms with Gasteiger partial charge in [-0.1, -0.05) is 6.92 Å². The van der Waals surface area contributed by atoms with Gasteiger partial charge in [0.25, 0.3) is 0 Å². The van der Waals surface area contributed by atoms with Crippen LogP contribution in [0.1, 0.15) is 24.6 Å². The third-order valence-corrected chi connectivity index (χ3v) is 3.50. The number of rotatable bonds is 1. The molecule has 1 aromatic heterocycles. The van der Waals surface area contributed by atoms with E-state index in [1.165, 1.54) is 0 Å². The molecule has 1 aliphatic rings. The first-order valence-electron chi connectivity index (χ1n) is 6.24. The number of nitriles is 1. The van der Waals surface area contributed by atoms with Crippen molar-refractivity contribution in [2.45, 2.75) is 25.6 Å². The Bertz CT molecular complexity index is 539. The molecule has 2 atom stereocenters. The molecule has 20 heavy (non-hydrogen) atoms. The Kier molecular flexibility index (Phi) is 3.86. The Hall–Kier alpha value is -1.81. The average Bonchev–Trinajstić information content (AvgIpc) is 2.40. The molecule has 0 aliphatic carbocycles. The van der Waals surface area contributed by atoms with E-state index in [-0.39, 0.29) is 23.8 Å². The molecule has 1 N–H and O–H groups in total. The number of anilines is 1. The van der Waals surface area contributed by atoms with E-state index in [0.717, 1.165) is 12.1 Å². The Labute approximate surface area is 114 Å². The highest BCUT2D eigenvalue weighted by Crippen LogP contribution is 2.31. The fourth-order valence-electron chi connectivity index (χ4n) is 2.18. The molecule has 1 aliphatic heterocycles. The average molecular weight is 285 g/mol. The lowest BCUT2D eigenvalue weighted by Gasteiger charge is -2.35. The second kappa shape index (κ2) is 5.29. The molecule has 0 spiro atoms. The van der Waals surface area contributed by atoms with Gasteiger partial charge in [0.15, 0.2) is 0 Å². The lowest BCUT2D eigenvalue weighted by molar-refractivity contribution is -0.141. The lowest BCUT2D eigenvalue weighted by Crippen LogP contribution is -2.43. The van der Waals surface area contributed by atoms with Gasteiger partial charge in [0, 0.05) is 13.1 Å². The number of pyridine rings is 1. The summed E-state index contributed by atoms with van der Waals surface area (Å²) in [5.41, 5.74) is -0.945. The van der Waals surface area contributed by atoms with Gasteiger partial charge in [-0.05, 0) is 24.5 Å². The molecule has 1 fully saturated rings. The maximum Gasteiger partial charge on any atom is 0.433 e. The Balaban J connectivity index is 2.37. The molecular weight excluding hydrogens is 271 g/mol. The van der Waals surface area contributed by atoms with Crippen molar-refractivity contribution in [3.63, 3.8) is 0 Å². The minimum Gasteiger partial charge on any atom is -0.391 e. The second-order valence-corrected chi connectivity index (χ2v) is 4.96. The Morgan fingerprint density at radius 2 is 2.15 bits per heavy atom. The van der Waals surface area contributed by atoms with E-state index in [0.29, 0.717) is 13.0 Å². The first-order chi connectivity index (χ1) is 9.32. The highest BCUT2D eigenvalue weighted by atomic mass is 19.4.